The van der Waals surface area contributed by atoms with E-state index >= 15 is 0 Å². The van der Waals surface area contributed by atoms with E-state index in [9.17, 15) is 28.4 Å². The Balaban J connectivity index is 1.79. The lowest BCUT2D eigenvalue weighted by Gasteiger charge is -2.12. The van der Waals surface area contributed by atoms with Crippen LogP contribution in [0.4, 0.5) is 11.4 Å². The van der Waals surface area contributed by atoms with Gasteiger partial charge in [0.15, 0.2) is 0 Å². The molecule has 3 rings (SSSR count). The first kappa shape index (κ1) is 25.5. The zero-order valence-electron chi connectivity index (χ0n) is 18.1. The molecular weight excluding hydrogens is 500 g/mol. The monoisotopic (exact) mass is 517 g/mol. The summed E-state index contributed by atoms with van der Waals surface area (Å²) in [5.74, 6) is -1.22. The van der Waals surface area contributed by atoms with Crippen LogP contribution in [0.25, 0.3) is 0 Å². The van der Waals surface area contributed by atoms with E-state index in [0.29, 0.717) is 12.4 Å². The third kappa shape index (κ3) is 6.25. The maximum Gasteiger partial charge on any atom is 0.273 e. The van der Waals surface area contributed by atoms with E-state index in [0.717, 1.165) is 18.3 Å². The molecule has 0 atom stereocenters. The highest BCUT2D eigenvalue weighted by Gasteiger charge is 2.19. The van der Waals surface area contributed by atoms with E-state index in [1.165, 1.54) is 48.5 Å². The average molecular weight is 518 g/mol. The fourth-order valence-corrected chi connectivity index (χ4v) is 4.21. The van der Waals surface area contributed by atoms with Crippen LogP contribution in [0.2, 0.25) is 5.02 Å². The Morgan fingerprint density at radius 1 is 1.17 bits per heavy atom. The average Bonchev–Trinajstić information content (AvgIpc) is 2.81. The van der Waals surface area contributed by atoms with Crippen LogP contribution in [0.1, 0.15) is 22.8 Å². The summed E-state index contributed by atoms with van der Waals surface area (Å²) in [4.78, 5) is 22.7. The number of nitrogens with zero attached hydrogens (tertiary/aromatic N) is 2. The van der Waals surface area contributed by atoms with Gasteiger partial charge in [-0.25, -0.2) is 13.8 Å². The van der Waals surface area contributed by atoms with Gasteiger partial charge in [0.25, 0.3) is 21.6 Å². The van der Waals surface area contributed by atoms with E-state index in [1.54, 1.807) is 6.92 Å². The van der Waals surface area contributed by atoms with Crippen molar-refractivity contribution in [1.29, 1.82) is 0 Å². The Labute approximate surface area is 205 Å². The SMILES string of the molecule is CCOc1ccc(S(=O)(=O)Nc2ccccc2C(=O)N/N=C\c2cc(Cl)cc([N+](=O)[O-])c2[O-])cc1. The van der Waals surface area contributed by atoms with Crippen molar-refractivity contribution in [3.8, 4) is 11.5 Å². The van der Waals surface area contributed by atoms with Crippen LogP contribution >= 0.6 is 11.6 Å². The van der Waals surface area contributed by atoms with Gasteiger partial charge in [-0.05, 0) is 60.7 Å². The number of carbonyl (C=O) groups is 1. The molecule has 1 amide bonds. The number of rotatable bonds is 9. The van der Waals surface area contributed by atoms with Gasteiger partial charge in [-0.15, -0.1) is 0 Å². The quantitative estimate of drug-likeness (QED) is 0.250. The fourth-order valence-electron chi connectivity index (χ4n) is 2.91. The van der Waals surface area contributed by atoms with Gasteiger partial charge in [-0.3, -0.25) is 19.6 Å². The van der Waals surface area contributed by atoms with E-state index in [-0.39, 0.29) is 26.7 Å². The molecule has 0 radical (unpaired) electrons. The molecule has 0 aliphatic rings. The summed E-state index contributed by atoms with van der Waals surface area (Å²) in [5, 5.41) is 26.7. The summed E-state index contributed by atoms with van der Waals surface area (Å²) in [6, 6.07) is 13.6. The molecule has 0 spiro atoms. The minimum absolute atomic E-state index is 0.0167. The molecule has 0 aliphatic carbocycles. The summed E-state index contributed by atoms with van der Waals surface area (Å²) in [6.07, 6.45) is 0.909. The number of nitrogens with one attached hydrogen (secondary N) is 2. The van der Waals surface area contributed by atoms with Crippen LogP contribution in [0.5, 0.6) is 11.5 Å². The van der Waals surface area contributed by atoms with Gasteiger partial charge in [-0.2, -0.15) is 5.10 Å². The molecule has 0 aliphatic heterocycles. The molecule has 0 heterocycles. The van der Waals surface area contributed by atoms with Crippen molar-refractivity contribution < 1.29 is 28.0 Å². The predicted octanol–water partition coefficient (Wildman–Crippen LogP) is 3.29. The molecule has 11 nitrogen and oxygen atoms in total. The largest absolute Gasteiger partial charge is 0.867 e. The smallest absolute Gasteiger partial charge is 0.273 e. The number of nitro benzene ring substituents is 1. The van der Waals surface area contributed by atoms with Crippen molar-refractivity contribution in [3.63, 3.8) is 0 Å². The van der Waals surface area contributed by atoms with Gasteiger partial charge >= 0.3 is 0 Å². The number of ether oxygens (including phenoxy) is 1. The number of anilines is 1. The number of sulfonamides is 1. The summed E-state index contributed by atoms with van der Waals surface area (Å²) < 4.78 is 33.2. The standard InChI is InChI=1S/C22H19ClN4O7S/c1-2-34-16-7-9-17(10-8-16)35(32,33)26-19-6-4-3-5-18(19)22(29)25-24-13-14-11-15(23)12-20(21(14)28)27(30)31/h3-13,26,28H,2H2,1H3,(H,25,29)/p-1/b24-13-. The minimum Gasteiger partial charge on any atom is -0.867 e. The van der Waals surface area contributed by atoms with Gasteiger partial charge in [0.1, 0.15) is 5.75 Å². The van der Waals surface area contributed by atoms with E-state index in [4.69, 9.17) is 16.3 Å². The number of para-hydroxylation sites is 1. The number of hydrogen-bond acceptors (Lipinski definition) is 8. The second-order valence-electron chi connectivity index (χ2n) is 6.86. The molecular formula is C22H18ClN4O7S-. The highest BCUT2D eigenvalue weighted by Crippen LogP contribution is 2.30. The lowest BCUT2D eigenvalue weighted by Crippen LogP contribution is -2.21. The Morgan fingerprint density at radius 3 is 2.51 bits per heavy atom. The molecule has 35 heavy (non-hydrogen) atoms. The maximum atomic E-state index is 12.8. The molecule has 0 bridgehead atoms. The second-order valence-corrected chi connectivity index (χ2v) is 8.97. The molecule has 0 aromatic heterocycles. The normalized spacial score (nSPS) is 11.3. The van der Waals surface area contributed by atoms with Crippen LogP contribution in [0.3, 0.4) is 0 Å². The van der Waals surface area contributed by atoms with Crippen molar-refractivity contribution >= 4 is 45.1 Å². The molecule has 3 aromatic rings. The third-order valence-corrected chi connectivity index (χ3v) is 6.09. The first-order chi connectivity index (χ1) is 16.6. The first-order valence-electron chi connectivity index (χ1n) is 9.95. The minimum atomic E-state index is -4.03. The topological polar surface area (TPSA) is 163 Å². The number of hydrogen-bond donors (Lipinski definition) is 2. The van der Waals surface area contributed by atoms with Crippen molar-refractivity contribution in [3.05, 3.63) is 86.9 Å². The van der Waals surface area contributed by atoms with Crippen LogP contribution in [-0.2, 0) is 10.0 Å². The Hall–Kier alpha value is -4.16. The lowest BCUT2D eigenvalue weighted by atomic mass is 10.2. The lowest BCUT2D eigenvalue weighted by molar-refractivity contribution is -0.398. The van der Waals surface area contributed by atoms with Gasteiger partial charge in [0.2, 0.25) is 0 Å². The van der Waals surface area contributed by atoms with Crippen molar-refractivity contribution in [2.24, 2.45) is 5.10 Å². The third-order valence-electron chi connectivity index (χ3n) is 4.49. The van der Waals surface area contributed by atoms with Crippen molar-refractivity contribution in [2.45, 2.75) is 11.8 Å². The van der Waals surface area contributed by atoms with Crippen LogP contribution in [0.15, 0.2) is 70.7 Å². The number of hydrazone groups is 1. The molecule has 0 saturated carbocycles. The molecule has 0 unspecified atom stereocenters. The van der Waals surface area contributed by atoms with E-state index in [2.05, 4.69) is 15.2 Å². The number of benzene rings is 3. The summed E-state index contributed by atoms with van der Waals surface area (Å²) in [6.45, 7) is 2.23. The van der Waals surface area contributed by atoms with Gasteiger partial charge in [0, 0.05) is 11.1 Å². The highest BCUT2D eigenvalue weighted by molar-refractivity contribution is 7.92. The van der Waals surface area contributed by atoms with Crippen LogP contribution in [-0.4, -0.2) is 32.1 Å². The molecule has 2 N–H and O–H groups in total. The van der Waals surface area contributed by atoms with Crippen molar-refractivity contribution in [2.75, 3.05) is 11.3 Å². The number of nitro groups is 1. The van der Waals surface area contributed by atoms with Crippen LogP contribution in [0, 0.1) is 10.1 Å². The molecule has 3 aromatic carbocycles. The molecule has 0 saturated heterocycles. The number of carbonyl (C=O) groups excluding carboxylic acids is 1. The van der Waals surface area contributed by atoms with Crippen molar-refractivity contribution in [1.82, 2.24) is 5.43 Å². The first-order valence-corrected chi connectivity index (χ1v) is 11.8. The molecule has 0 fully saturated rings. The van der Waals surface area contributed by atoms with Crippen LogP contribution < -0.4 is 20.0 Å². The van der Waals surface area contributed by atoms with E-state index < -0.39 is 32.3 Å². The highest BCUT2D eigenvalue weighted by atomic mass is 35.5. The van der Waals surface area contributed by atoms with Gasteiger partial charge in [0.05, 0.1) is 33.9 Å². The van der Waals surface area contributed by atoms with Gasteiger partial charge < -0.3 is 9.84 Å². The number of amides is 1. The zero-order valence-corrected chi connectivity index (χ0v) is 19.7. The summed E-state index contributed by atoms with van der Waals surface area (Å²) >= 11 is 5.80. The fraction of sp³-hybridized carbons (Fsp3) is 0.0909. The number of halogens is 1. The zero-order chi connectivity index (χ0) is 25.6. The Morgan fingerprint density at radius 2 is 1.86 bits per heavy atom. The molecule has 182 valence electrons. The Kier molecular flexibility index (Phi) is 7.89. The molecule has 13 heteroatoms. The maximum absolute atomic E-state index is 12.8. The predicted molar refractivity (Wildman–Crippen MR) is 127 cm³/mol. The summed E-state index contributed by atoms with van der Waals surface area (Å²) in [5.41, 5.74) is 1.13. The van der Waals surface area contributed by atoms with Gasteiger partial charge in [-0.1, -0.05) is 23.7 Å². The second kappa shape index (κ2) is 10.8. The Bertz CT molecular complexity index is 1390. The summed E-state index contributed by atoms with van der Waals surface area (Å²) in [7, 11) is -4.03. The van der Waals surface area contributed by atoms with E-state index in [1.807, 2.05) is 0 Å².